The molecule has 0 saturated heterocycles. The second-order valence-electron chi connectivity index (χ2n) is 8.01. The lowest BCUT2D eigenvalue weighted by Gasteiger charge is -2.60. The first-order valence-corrected chi connectivity index (χ1v) is 7.96. The highest BCUT2D eigenvalue weighted by Crippen LogP contribution is 2.65. The average Bonchev–Trinajstić information content (AvgIpc) is 2.80. The Morgan fingerprint density at radius 2 is 2.00 bits per heavy atom. The van der Waals surface area contributed by atoms with Crippen molar-refractivity contribution in [2.75, 3.05) is 0 Å². The maximum Gasteiger partial charge on any atom is 0.177 e. The Bertz CT molecular complexity index is 639. The second kappa shape index (κ2) is 3.44. The SMILES string of the molecule is CC12CC3CC(C1)CC(c1nc4ncccc4[nH]1)(C3)C2. The quantitative estimate of drug-likeness (QED) is 0.853. The van der Waals surface area contributed by atoms with Crippen LogP contribution in [0.15, 0.2) is 18.3 Å². The van der Waals surface area contributed by atoms with Crippen LogP contribution in [0.3, 0.4) is 0 Å². The molecule has 6 rings (SSSR count). The van der Waals surface area contributed by atoms with Crippen LogP contribution in [0.5, 0.6) is 0 Å². The molecule has 4 saturated carbocycles. The van der Waals surface area contributed by atoms with Gasteiger partial charge >= 0.3 is 0 Å². The highest BCUT2D eigenvalue weighted by molar-refractivity contribution is 5.70. The molecule has 3 nitrogen and oxygen atoms in total. The van der Waals surface area contributed by atoms with E-state index < -0.39 is 0 Å². The van der Waals surface area contributed by atoms with Crippen LogP contribution in [-0.4, -0.2) is 15.0 Å². The van der Waals surface area contributed by atoms with Gasteiger partial charge in [0, 0.05) is 11.6 Å². The summed E-state index contributed by atoms with van der Waals surface area (Å²) in [5.41, 5.74) is 2.88. The molecule has 2 aromatic heterocycles. The third-order valence-electron chi connectivity index (χ3n) is 6.11. The second-order valence-corrected chi connectivity index (χ2v) is 8.01. The monoisotopic (exact) mass is 267 g/mol. The molecular weight excluding hydrogens is 246 g/mol. The normalized spacial score (nSPS) is 42.5. The van der Waals surface area contributed by atoms with E-state index in [0.29, 0.717) is 10.8 Å². The van der Waals surface area contributed by atoms with Gasteiger partial charge in [-0.25, -0.2) is 9.97 Å². The molecule has 4 fully saturated rings. The summed E-state index contributed by atoms with van der Waals surface area (Å²) in [4.78, 5) is 12.9. The Kier molecular flexibility index (Phi) is 1.94. The summed E-state index contributed by atoms with van der Waals surface area (Å²) in [5, 5.41) is 0. The maximum atomic E-state index is 4.87. The fourth-order valence-electron chi connectivity index (χ4n) is 6.09. The molecule has 0 radical (unpaired) electrons. The molecule has 4 aliphatic rings. The molecule has 3 heteroatoms. The summed E-state index contributed by atoms with van der Waals surface area (Å²) < 4.78 is 0. The van der Waals surface area contributed by atoms with Crippen LogP contribution in [0.4, 0.5) is 0 Å². The van der Waals surface area contributed by atoms with Gasteiger partial charge in [0.25, 0.3) is 0 Å². The zero-order valence-corrected chi connectivity index (χ0v) is 12.0. The van der Waals surface area contributed by atoms with E-state index in [1.54, 1.807) is 0 Å². The molecule has 2 aromatic rings. The fraction of sp³-hybridized carbons (Fsp3) is 0.647. The minimum atomic E-state index is 0.319. The van der Waals surface area contributed by atoms with E-state index in [0.717, 1.165) is 23.0 Å². The highest BCUT2D eigenvalue weighted by atomic mass is 15.0. The zero-order chi connectivity index (χ0) is 13.4. The lowest BCUT2D eigenvalue weighted by Crippen LogP contribution is -2.53. The van der Waals surface area contributed by atoms with Crippen molar-refractivity contribution < 1.29 is 0 Å². The molecule has 4 bridgehead atoms. The Morgan fingerprint density at radius 1 is 1.20 bits per heavy atom. The number of nitrogens with zero attached hydrogens (tertiary/aromatic N) is 2. The van der Waals surface area contributed by atoms with Gasteiger partial charge in [-0.3, -0.25) is 0 Å². The summed E-state index contributed by atoms with van der Waals surface area (Å²) in [6.07, 6.45) is 10.2. The average molecular weight is 267 g/mol. The van der Waals surface area contributed by atoms with Crippen LogP contribution < -0.4 is 0 Å². The Morgan fingerprint density at radius 3 is 2.70 bits per heavy atom. The van der Waals surface area contributed by atoms with E-state index in [2.05, 4.69) is 23.0 Å². The van der Waals surface area contributed by atoms with Crippen molar-refractivity contribution in [3.63, 3.8) is 0 Å². The molecule has 0 aromatic carbocycles. The number of pyridine rings is 1. The van der Waals surface area contributed by atoms with E-state index in [1.807, 2.05) is 12.3 Å². The van der Waals surface area contributed by atoms with Crippen LogP contribution in [-0.2, 0) is 5.41 Å². The number of nitrogens with one attached hydrogen (secondary N) is 1. The predicted molar refractivity (Wildman–Crippen MR) is 78.4 cm³/mol. The van der Waals surface area contributed by atoms with Crippen molar-refractivity contribution in [3.8, 4) is 0 Å². The van der Waals surface area contributed by atoms with Gasteiger partial charge in [0.1, 0.15) is 5.82 Å². The molecule has 104 valence electrons. The predicted octanol–water partition coefficient (Wildman–Crippen LogP) is 3.82. The number of H-pyrrole nitrogens is 1. The molecule has 0 spiro atoms. The van der Waals surface area contributed by atoms with Crippen LogP contribution >= 0.6 is 0 Å². The van der Waals surface area contributed by atoms with E-state index in [1.165, 1.54) is 44.3 Å². The number of hydrogen-bond acceptors (Lipinski definition) is 2. The van der Waals surface area contributed by atoms with E-state index in [4.69, 9.17) is 4.98 Å². The number of imidazole rings is 1. The molecule has 4 aliphatic carbocycles. The molecule has 0 aliphatic heterocycles. The summed E-state index contributed by atoms with van der Waals surface area (Å²) in [5.74, 6) is 3.09. The minimum Gasteiger partial charge on any atom is -0.340 e. The van der Waals surface area contributed by atoms with Crippen molar-refractivity contribution in [1.29, 1.82) is 0 Å². The standard InChI is InChI=1S/C17H21N3/c1-16-6-11-5-12(7-16)9-17(8-11,10-16)15-19-13-3-2-4-18-14(13)20-15/h2-4,11-12H,5-10H2,1H3,(H,18,19,20). The van der Waals surface area contributed by atoms with Gasteiger partial charge in [0.2, 0.25) is 0 Å². The Labute approximate surface area is 119 Å². The van der Waals surface area contributed by atoms with Crippen molar-refractivity contribution in [3.05, 3.63) is 24.2 Å². The third kappa shape index (κ3) is 1.41. The molecule has 20 heavy (non-hydrogen) atoms. The summed E-state index contributed by atoms with van der Waals surface area (Å²) in [6.45, 7) is 2.51. The first-order chi connectivity index (χ1) is 9.64. The number of rotatable bonds is 1. The van der Waals surface area contributed by atoms with Crippen molar-refractivity contribution in [2.24, 2.45) is 17.3 Å². The molecule has 2 unspecified atom stereocenters. The van der Waals surface area contributed by atoms with Gasteiger partial charge in [-0.2, -0.15) is 0 Å². The smallest absolute Gasteiger partial charge is 0.177 e. The van der Waals surface area contributed by atoms with Gasteiger partial charge in [-0.05, 0) is 67.9 Å². The number of aromatic amines is 1. The lowest BCUT2D eigenvalue weighted by molar-refractivity contribution is -0.0644. The van der Waals surface area contributed by atoms with Crippen LogP contribution in [0, 0.1) is 17.3 Å². The molecular formula is C17H21N3. The van der Waals surface area contributed by atoms with Gasteiger partial charge < -0.3 is 4.98 Å². The third-order valence-corrected chi connectivity index (χ3v) is 6.11. The Hall–Kier alpha value is -1.38. The number of aromatic nitrogens is 3. The summed E-state index contributed by atoms with van der Waals surface area (Å²) >= 11 is 0. The van der Waals surface area contributed by atoms with Crippen molar-refractivity contribution in [1.82, 2.24) is 15.0 Å². The topological polar surface area (TPSA) is 41.6 Å². The van der Waals surface area contributed by atoms with E-state index in [9.17, 15) is 0 Å². The lowest BCUT2D eigenvalue weighted by atomic mass is 9.44. The highest BCUT2D eigenvalue weighted by Gasteiger charge is 2.57. The van der Waals surface area contributed by atoms with Crippen molar-refractivity contribution in [2.45, 2.75) is 50.9 Å². The zero-order valence-electron chi connectivity index (χ0n) is 12.0. The van der Waals surface area contributed by atoms with Crippen LogP contribution in [0.25, 0.3) is 11.2 Å². The molecule has 2 atom stereocenters. The van der Waals surface area contributed by atoms with Gasteiger partial charge in [0.15, 0.2) is 5.65 Å². The first kappa shape index (κ1) is 11.3. The number of fused-ring (bicyclic) bond motifs is 1. The number of hydrogen-bond donors (Lipinski definition) is 1. The largest absolute Gasteiger partial charge is 0.340 e. The summed E-state index contributed by atoms with van der Waals surface area (Å²) in [7, 11) is 0. The van der Waals surface area contributed by atoms with Gasteiger partial charge in [-0.15, -0.1) is 0 Å². The summed E-state index contributed by atoms with van der Waals surface area (Å²) in [6, 6.07) is 4.09. The molecule has 1 N–H and O–H groups in total. The van der Waals surface area contributed by atoms with Gasteiger partial charge in [-0.1, -0.05) is 6.92 Å². The van der Waals surface area contributed by atoms with E-state index in [-0.39, 0.29) is 0 Å². The van der Waals surface area contributed by atoms with Crippen molar-refractivity contribution >= 4 is 11.2 Å². The Balaban J connectivity index is 1.65. The molecule has 0 amide bonds. The first-order valence-electron chi connectivity index (χ1n) is 7.96. The van der Waals surface area contributed by atoms with E-state index >= 15 is 0 Å². The molecule has 2 heterocycles. The fourth-order valence-corrected chi connectivity index (χ4v) is 6.09. The minimum absolute atomic E-state index is 0.319. The van der Waals surface area contributed by atoms with Gasteiger partial charge in [0.05, 0.1) is 5.52 Å². The maximum absolute atomic E-state index is 4.87. The van der Waals surface area contributed by atoms with Crippen LogP contribution in [0.1, 0.15) is 51.3 Å². The van der Waals surface area contributed by atoms with Crippen LogP contribution in [0.2, 0.25) is 0 Å².